The maximum absolute atomic E-state index is 11.8. The number of nitrogens with zero attached hydrogens (tertiary/aromatic N) is 2. The Morgan fingerprint density at radius 3 is 2.23 bits per heavy atom. The zero-order chi connectivity index (χ0) is 17.0. The minimum absolute atomic E-state index is 0.0622. The monoisotopic (exact) mass is 313 g/mol. The van der Waals surface area contributed by atoms with Gasteiger partial charge in [-0.3, -0.25) is 4.79 Å². The summed E-state index contributed by atoms with van der Waals surface area (Å²) in [6.07, 6.45) is 1.06. The fraction of sp³-hybridized carbons (Fsp3) is 0.875. The van der Waals surface area contributed by atoms with Crippen LogP contribution in [0.2, 0.25) is 0 Å². The predicted molar refractivity (Wildman–Crippen MR) is 94.3 cm³/mol. The van der Waals surface area contributed by atoms with Crippen LogP contribution in [0.15, 0.2) is 4.99 Å². The Labute approximate surface area is 136 Å². The van der Waals surface area contributed by atoms with Crippen molar-refractivity contribution in [3.05, 3.63) is 0 Å². The lowest BCUT2D eigenvalue weighted by molar-refractivity contribution is -0.121. The normalized spacial score (nSPS) is 12.4. The highest BCUT2D eigenvalue weighted by Crippen LogP contribution is 1.97. The number of carbonyl (C=O) groups excluding carboxylic acids is 1. The van der Waals surface area contributed by atoms with Crippen molar-refractivity contribution in [2.45, 2.75) is 53.5 Å². The van der Waals surface area contributed by atoms with E-state index < -0.39 is 0 Å². The number of carbonyl (C=O) groups is 1. The molecule has 0 radical (unpaired) electrons. The van der Waals surface area contributed by atoms with Crippen LogP contribution in [0.1, 0.15) is 48.0 Å². The molecule has 3 N–H and O–H groups in total. The summed E-state index contributed by atoms with van der Waals surface area (Å²) in [5.41, 5.74) is -0.220. The SMILES string of the molecule is CCNC(=NCC(=O)NC(C)(C)C)NCCCN(CC)CC. The van der Waals surface area contributed by atoms with Gasteiger partial charge in [0.25, 0.3) is 0 Å². The van der Waals surface area contributed by atoms with Crippen molar-refractivity contribution in [2.75, 3.05) is 39.3 Å². The molecule has 0 saturated carbocycles. The molecule has 0 heterocycles. The van der Waals surface area contributed by atoms with E-state index >= 15 is 0 Å². The average molecular weight is 313 g/mol. The van der Waals surface area contributed by atoms with Gasteiger partial charge in [-0.2, -0.15) is 0 Å². The molecule has 6 nitrogen and oxygen atoms in total. The quantitative estimate of drug-likeness (QED) is 0.340. The molecule has 1 amide bonds. The summed E-state index contributed by atoms with van der Waals surface area (Å²) in [6, 6.07) is 0. The molecule has 0 spiro atoms. The summed E-state index contributed by atoms with van der Waals surface area (Å²) in [7, 11) is 0. The number of hydrogen-bond donors (Lipinski definition) is 3. The van der Waals surface area contributed by atoms with Crippen molar-refractivity contribution >= 4 is 11.9 Å². The first-order chi connectivity index (χ1) is 10.3. The van der Waals surface area contributed by atoms with Crippen LogP contribution in [0.4, 0.5) is 0 Å². The Bertz CT molecular complexity index is 332. The molecule has 0 aliphatic carbocycles. The number of nitrogens with one attached hydrogen (secondary N) is 3. The first-order valence-corrected chi connectivity index (χ1v) is 8.37. The molecule has 0 aliphatic heterocycles. The first-order valence-electron chi connectivity index (χ1n) is 8.37. The van der Waals surface area contributed by atoms with Crippen molar-refractivity contribution in [1.82, 2.24) is 20.9 Å². The lowest BCUT2D eigenvalue weighted by Gasteiger charge is -2.20. The van der Waals surface area contributed by atoms with Crippen molar-refractivity contribution in [2.24, 2.45) is 4.99 Å². The predicted octanol–water partition coefficient (Wildman–Crippen LogP) is 1.19. The van der Waals surface area contributed by atoms with Gasteiger partial charge in [-0.15, -0.1) is 0 Å². The van der Waals surface area contributed by atoms with Crippen molar-refractivity contribution in [3.8, 4) is 0 Å². The Hall–Kier alpha value is -1.30. The standard InChI is InChI=1S/C16H35N5O/c1-7-17-15(18-11-10-12-21(8-2)9-3)19-13-14(22)20-16(4,5)6/h7-13H2,1-6H3,(H,20,22)(H2,17,18,19). The Morgan fingerprint density at radius 2 is 1.73 bits per heavy atom. The largest absolute Gasteiger partial charge is 0.357 e. The van der Waals surface area contributed by atoms with E-state index in [1.54, 1.807) is 0 Å². The molecule has 6 heteroatoms. The summed E-state index contributed by atoms with van der Waals surface area (Å²) in [5, 5.41) is 9.34. The fourth-order valence-corrected chi connectivity index (χ4v) is 2.00. The number of hydrogen-bond acceptors (Lipinski definition) is 3. The molecular weight excluding hydrogens is 278 g/mol. The third-order valence-electron chi connectivity index (χ3n) is 3.08. The van der Waals surface area contributed by atoms with Crippen LogP contribution in [0.25, 0.3) is 0 Å². The molecule has 0 aromatic carbocycles. The van der Waals surface area contributed by atoms with Gasteiger partial charge in [0.15, 0.2) is 5.96 Å². The Kier molecular flexibility index (Phi) is 10.6. The molecule has 0 fully saturated rings. The maximum Gasteiger partial charge on any atom is 0.242 e. The van der Waals surface area contributed by atoms with Gasteiger partial charge >= 0.3 is 0 Å². The van der Waals surface area contributed by atoms with Gasteiger partial charge in [-0.25, -0.2) is 4.99 Å². The molecule has 0 aromatic rings. The minimum atomic E-state index is -0.220. The molecule has 0 aliphatic rings. The fourth-order valence-electron chi connectivity index (χ4n) is 2.00. The van der Waals surface area contributed by atoms with Gasteiger partial charge in [-0.05, 0) is 53.8 Å². The van der Waals surface area contributed by atoms with Gasteiger partial charge in [-0.1, -0.05) is 13.8 Å². The second-order valence-electron chi connectivity index (χ2n) is 6.30. The molecule has 22 heavy (non-hydrogen) atoms. The summed E-state index contributed by atoms with van der Waals surface area (Å²) in [4.78, 5) is 18.5. The molecule has 0 bridgehead atoms. The average Bonchev–Trinajstić information content (AvgIpc) is 2.43. The third kappa shape index (κ3) is 11.4. The first kappa shape index (κ1) is 20.7. The van der Waals surface area contributed by atoms with E-state index in [1.807, 2.05) is 27.7 Å². The van der Waals surface area contributed by atoms with Crippen LogP contribution in [-0.2, 0) is 4.79 Å². The minimum Gasteiger partial charge on any atom is -0.357 e. The summed E-state index contributed by atoms with van der Waals surface area (Å²) >= 11 is 0. The highest BCUT2D eigenvalue weighted by atomic mass is 16.2. The number of guanidine groups is 1. The topological polar surface area (TPSA) is 68.8 Å². The summed E-state index contributed by atoms with van der Waals surface area (Å²) < 4.78 is 0. The van der Waals surface area contributed by atoms with Crippen LogP contribution in [0.5, 0.6) is 0 Å². The third-order valence-corrected chi connectivity index (χ3v) is 3.08. The smallest absolute Gasteiger partial charge is 0.242 e. The second-order valence-corrected chi connectivity index (χ2v) is 6.30. The summed E-state index contributed by atoms with van der Waals surface area (Å²) in [5.74, 6) is 0.638. The molecule has 0 rings (SSSR count). The van der Waals surface area contributed by atoms with E-state index in [-0.39, 0.29) is 18.0 Å². The van der Waals surface area contributed by atoms with Gasteiger partial charge in [0.2, 0.25) is 5.91 Å². The highest BCUT2D eigenvalue weighted by Gasteiger charge is 2.13. The zero-order valence-electron chi connectivity index (χ0n) is 15.3. The van der Waals surface area contributed by atoms with Crippen LogP contribution < -0.4 is 16.0 Å². The van der Waals surface area contributed by atoms with Gasteiger partial charge < -0.3 is 20.9 Å². The van der Waals surface area contributed by atoms with E-state index in [2.05, 4.69) is 39.7 Å². The lowest BCUT2D eigenvalue weighted by atomic mass is 10.1. The lowest BCUT2D eigenvalue weighted by Crippen LogP contribution is -2.43. The van der Waals surface area contributed by atoms with Crippen LogP contribution in [-0.4, -0.2) is 61.6 Å². The van der Waals surface area contributed by atoms with Gasteiger partial charge in [0.05, 0.1) is 0 Å². The number of aliphatic imine (C=N–C) groups is 1. The van der Waals surface area contributed by atoms with Crippen molar-refractivity contribution in [1.29, 1.82) is 0 Å². The molecular formula is C16H35N5O. The van der Waals surface area contributed by atoms with E-state index in [9.17, 15) is 4.79 Å². The molecule has 0 saturated heterocycles. The zero-order valence-corrected chi connectivity index (χ0v) is 15.3. The Morgan fingerprint density at radius 1 is 1.09 bits per heavy atom. The van der Waals surface area contributed by atoms with Crippen LogP contribution >= 0.6 is 0 Å². The number of amides is 1. The summed E-state index contributed by atoms with van der Waals surface area (Å²) in [6.45, 7) is 17.3. The second kappa shape index (κ2) is 11.3. The van der Waals surface area contributed by atoms with Crippen LogP contribution in [0.3, 0.4) is 0 Å². The van der Waals surface area contributed by atoms with E-state index in [4.69, 9.17) is 0 Å². The van der Waals surface area contributed by atoms with E-state index in [1.165, 1.54) is 0 Å². The Balaban J connectivity index is 4.18. The van der Waals surface area contributed by atoms with Gasteiger partial charge in [0, 0.05) is 18.6 Å². The van der Waals surface area contributed by atoms with E-state index in [0.717, 1.165) is 39.1 Å². The molecule has 0 aromatic heterocycles. The number of rotatable bonds is 9. The van der Waals surface area contributed by atoms with Gasteiger partial charge in [0.1, 0.15) is 6.54 Å². The molecule has 130 valence electrons. The molecule has 0 unspecified atom stereocenters. The maximum atomic E-state index is 11.8. The molecule has 0 atom stereocenters. The van der Waals surface area contributed by atoms with E-state index in [0.29, 0.717) is 5.96 Å². The van der Waals surface area contributed by atoms with Crippen molar-refractivity contribution in [3.63, 3.8) is 0 Å². The van der Waals surface area contributed by atoms with Crippen LogP contribution in [0, 0.1) is 0 Å². The highest BCUT2D eigenvalue weighted by molar-refractivity contribution is 5.85. The van der Waals surface area contributed by atoms with Crippen molar-refractivity contribution < 1.29 is 4.79 Å².